The van der Waals surface area contributed by atoms with Crippen LogP contribution in [0, 0.1) is 16.0 Å². The molecule has 1 N–H and O–H groups in total. The van der Waals surface area contributed by atoms with Gasteiger partial charge in [0.2, 0.25) is 0 Å². The summed E-state index contributed by atoms with van der Waals surface area (Å²) in [5.74, 6) is 0.494. The number of aliphatic hydroxyl groups is 1. The number of aliphatic hydroxyl groups excluding tert-OH is 1. The van der Waals surface area contributed by atoms with Crippen molar-refractivity contribution in [2.45, 2.75) is 99.1 Å². The molecule has 0 radical (unpaired) electrons. The normalized spacial score (nSPS) is 11.4. The van der Waals surface area contributed by atoms with Crippen LogP contribution >= 0.6 is 0 Å². The Bertz CT molecular complexity index is 1090. The van der Waals surface area contributed by atoms with Crippen molar-refractivity contribution in [3.8, 4) is 5.75 Å². The van der Waals surface area contributed by atoms with Gasteiger partial charge in [0.05, 0.1) is 5.56 Å². The summed E-state index contributed by atoms with van der Waals surface area (Å²) in [5.41, 5.74) is 0.646. The lowest BCUT2D eigenvalue weighted by molar-refractivity contribution is -0.763. The third-order valence-corrected chi connectivity index (χ3v) is 5.84. The molecule has 0 unspecified atom stereocenters. The van der Waals surface area contributed by atoms with Crippen molar-refractivity contribution in [3.63, 3.8) is 0 Å². The molecule has 0 aliphatic heterocycles. The van der Waals surface area contributed by atoms with Crippen molar-refractivity contribution >= 4 is 6.47 Å². The highest BCUT2D eigenvalue weighted by molar-refractivity contribution is 5.37. The van der Waals surface area contributed by atoms with E-state index in [1.807, 2.05) is 19.9 Å². The summed E-state index contributed by atoms with van der Waals surface area (Å²) in [5, 5.41) is 18.8. The van der Waals surface area contributed by atoms with E-state index in [1.165, 1.54) is 31.4 Å². The van der Waals surface area contributed by atoms with Gasteiger partial charge in [0, 0.05) is 0 Å². The van der Waals surface area contributed by atoms with E-state index < -0.39 is 22.9 Å². The number of ether oxygens (including phenoxy) is 2. The number of nitrogens with zero attached hydrogens (tertiary/aromatic N) is 1. The van der Waals surface area contributed by atoms with Crippen LogP contribution in [0.25, 0.3) is 0 Å². The fourth-order valence-electron chi connectivity index (χ4n) is 3.40. The van der Waals surface area contributed by atoms with Gasteiger partial charge in [-0.1, -0.05) is 102 Å². The summed E-state index contributed by atoms with van der Waals surface area (Å²) in [6.45, 7) is 12.7. The second-order valence-electron chi connectivity index (χ2n) is 9.30. The zero-order chi connectivity index (χ0) is 34.5. The lowest BCUT2D eigenvalue weighted by Crippen LogP contribution is -2.15. The molecule has 2 aromatic carbocycles. The molecule has 0 spiro atoms. The number of hydrogen-bond donors (Lipinski definition) is 1. The van der Waals surface area contributed by atoms with Gasteiger partial charge in [0.25, 0.3) is 11.6 Å². The Morgan fingerprint density at radius 3 is 2.13 bits per heavy atom. The summed E-state index contributed by atoms with van der Waals surface area (Å²) < 4.78 is 47.4. The van der Waals surface area contributed by atoms with Crippen molar-refractivity contribution in [2.75, 3.05) is 6.61 Å². The standard InChI is InChI=1S/C16H21F3O2.C9H9NO5.C7H14.C2H6/c1-3-12(4-2)8-9-14(20)11-21-15-7-5-6-13(10-15)16(17,18)19;11-7-14-5-8-2-1-3-9(4-8)6-15-10(12)13;1-3-5-7-6-4-2;1-2/h5-10,12,14,20H,3-4,11H2,1-2H3;1-4,7H,5-6H2;3,5H,4,6-7H2,1-2H3;1-2H3/b9-8+;;5-3-;/t14-;;;/m1.../s1. The molecule has 0 heterocycles. The van der Waals surface area contributed by atoms with E-state index in [9.17, 15) is 33.2 Å². The fourth-order valence-corrected chi connectivity index (χ4v) is 3.40. The molecule has 0 aliphatic carbocycles. The molecule has 2 aromatic rings. The van der Waals surface area contributed by atoms with Gasteiger partial charge in [-0.15, -0.1) is 10.1 Å². The van der Waals surface area contributed by atoms with Gasteiger partial charge >= 0.3 is 6.18 Å². The van der Waals surface area contributed by atoms with Gasteiger partial charge in [-0.05, 0) is 61.4 Å². The molecule has 0 saturated carbocycles. The second kappa shape index (κ2) is 27.7. The van der Waals surface area contributed by atoms with E-state index in [2.05, 4.69) is 49.4 Å². The molecule has 0 aromatic heterocycles. The number of allylic oxidation sites excluding steroid dienone is 3. The van der Waals surface area contributed by atoms with Crippen LogP contribution in [0.4, 0.5) is 13.2 Å². The van der Waals surface area contributed by atoms with Crippen LogP contribution in [-0.2, 0) is 33.8 Å². The Morgan fingerprint density at radius 1 is 0.978 bits per heavy atom. The molecule has 0 amide bonds. The second-order valence-corrected chi connectivity index (χ2v) is 9.30. The monoisotopic (exact) mass is 641 g/mol. The maximum absolute atomic E-state index is 12.5. The number of carbonyl (C=O) groups excluding carboxylic acids is 1. The maximum atomic E-state index is 12.5. The van der Waals surface area contributed by atoms with Crippen LogP contribution in [0.15, 0.2) is 72.8 Å². The number of rotatable bonds is 16. The van der Waals surface area contributed by atoms with Crippen LogP contribution in [-0.4, -0.2) is 29.4 Å². The molecule has 2 rings (SSSR count). The Hall–Kier alpha value is -3.86. The Balaban J connectivity index is 0. The van der Waals surface area contributed by atoms with Crippen LogP contribution in [0.2, 0.25) is 0 Å². The summed E-state index contributed by atoms with van der Waals surface area (Å²) in [4.78, 5) is 24.1. The quantitative estimate of drug-likeness (QED) is 0.0640. The maximum Gasteiger partial charge on any atom is 0.416 e. The van der Waals surface area contributed by atoms with Gasteiger partial charge < -0.3 is 19.4 Å². The van der Waals surface area contributed by atoms with Gasteiger partial charge in [0.15, 0.2) is 0 Å². The van der Waals surface area contributed by atoms with Crippen molar-refractivity contribution in [2.24, 2.45) is 5.92 Å². The Labute approximate surface area is 266 Å². The van der Waals surface area contributed by atoms with E-state index >= 15 is 0 Å². The average molecular weight is 642 g/mol. The topological polar surface area (TPSA) is 108 Å². The zero-order valence-electron chi connectivity index (χ0n) is 27.3. The SMILES string of the molecule is C/C=C\CCCC.CC.CCC(/C=C/[C@@H](O)COc1cccc(C(F)(F)F)c1)CC.O=COCc1cccc(CO[N+](=O)[O-])c1. The third kappa shape index (κ3) is 24.2. The first kappa shape index (κ1) is 43.3. The highest BCUT2D eigenvalue weighted by atomic mass is 19.4. The molecule has 0 fully saturated rings. The molecule has 1 atom stereocenters. The summed E-state index contributed by atoms with van der Waals surface area (Å²) in [6.07, 6.45) is 8.50. The smallest absolute Gasteiger partial charge is 0.416 e. The van der Waals surface area contributed by atoms with Crippen molar-refractivity contribution < 1.29 is 42.5 Å². The number of halogens is 3. The zero-order valence-corrected chi connectivity index (χ0v) is 27.3. The molecular formula is C34H50F3NO7. The van der Waals surface area contributed by atoms with Gasteiger partial charge in [-0.2, -0.15) is 13.2 Å². The van der Waals surface area contributed by atoms with Crippen molar-refractivity contribution in [1.82, 2.24) is 0 Å². The molecule has 254 valence electrons. The predicted molar refractivity (Wildman–Crippen MR) is 171 cm³/mol. The number of benzene rings is 2. The Kier molecular flexibility index (Phi) is 26.6. The van der Waals surface area contributed by atoms with Crippen molar-refractivity contribution in [3.05, 3.63) is 99.6 Å². The minimum atomic E-state index is -4.40. The fraction of sp³-hybridized carbons (Fsp3) is 0.500. The van der Waals surface area contributed by atoms with Gasteiger partial charge in [-0.3, -0.25) is 4.79 Å². The largest absolute Gasteiger partial charge is 0.491 e. The molecule has 45 heavy (non-hydrogen) atoms. The number of hydrogen-bond acceptors (Lipinski definition) is 7. The van der Waals surface area contributed by atoms with Gasteiger partial charge in [-0.25, -0.2) is 0 Å². The highest BCUT2D eigenvalue weighted by Crippen LogP contribution is 2.31. The molecule has 8 nitrogen and oxygen atoms in total. The first-order chi connectivity index (χ1) is 21.5. The minimum Gasteiger partial charge on any atom is -0.491 e. The summed E-state index contributed by atoms with van der Waals surface area (Å²) in [7, 11) is 0. The number of unbranched alkanes of at least 4 members (excludes halogenated alkanes) is 2. The van der Waals surface area contributed by atoms with E-state index in [4.69, 9.17) is 4.74 Å². The third-order valence-electron chi connectivity index (χ3n) is 5.84. The van der Waals surface area contributed by atoms with Crippen LogP contribution < -0.4 is 4.74 Å². The van der Waals surface area contributed by atoms with E-state index in [-0.39, 0.29) is 25.6 Å². The molecule has 0 aliphatic rings. The Morgan fingerprint density at radius 2 is 1.60 bits per heavy atom. The molecule has 0 saturated heterocycles. The number of carbonyl (C=O) groups is 1. The van der Waals surface area contributed by atoms with Crippen LogP contribution in [0.3, 0.4) is 0 Å². The average Bonchev–Trinajstić information content (AvgIpc) is 3.04. The highest BCUT2D eigenvalue weighted by Gasteiger charge is 2.30. The summed E-state index contributed by atoms with van der Waals surface area (Å²) >= 11 is 0. The van der Waals surface area contributed by atoms with Gasteiger partial charge in [0.1, 0.15) is 31.7 Å². The minimum absolute atomic E-state index is 0.0715. The molecule has 0 bridgehead atoms. The molecular weight excluding hydrogens is 591 g/mol. The van der Waals surface area contributed by atoms with Crippen molar-refractivity contribution in [1.29, 1.82) is 0 Å². The lowest BCUT2D eigenvalue weighted by atomic mass is 10.0. The van der Waals surface area contributed by atoms with E-state index in [0.717, 1.165) is 30.5 Å². The predicted octanol–water partition coefficient (Wildman–Crippen LogP) is 9.28. The van der Waals surface area contributed by atoms with Crippen LogP contribution in [0.1, 0.15) is 90.3 Å². The summed E-state index contributed by atoms with van der Waals surface area (Å²) in [6, 6.07) is 11.5. The first-order valence-electron chi connectivity index (χ1n) is 15.2. The lowest BCUT2D eigenvalue weighted by Gasteiger charge is -2.12. The molecule has 11 heteroatoms. The first-order valence-corrected chi connectivity index (χ1v) is 15.2. The van der Waals surface area contributed by atoms with E-state index in [1.54, 1.807) is 30.3 Å². The number of alkyl halides is 3. The van der Waals surface area contributed by atoms with Crippen LogP contribution in [0.5, 0.6) is 5.75 Å². The van der Waals surface area contributed by atoms with E-state index in [0.29, 0.717) is 18.0 Å².